The average molecular weight is 1690 g/mol. The highest BCUT2D eigenvalue weighted by Gasteiger charge is 2.29. The molecule has 0 aromatic heterocycles. The fraction of sp³-hybridized carbons (Fsp3) is 0.826. The highest BCUT2D eigenvalue weighted by atomic mass is 32.2. The van der Waals surface area contributed by atoms with Crippen molar-refractivity contribution in [2.75, 3.05) is 18.9 Å². The molecule has 0 spiro atoms. The number of carbonyl (C=O) groups is 12. The maximum absolute atomic E-state index is 11.6. The molecule has 30 nitrogen and oxygen atoms in total. The Morgan fingerprint density at radius 3 is 1.11 bits per heavy atom. The highest BCUT2D eigenvalue weighted by molar-refractivity contribution is 8.00. The van der Waals surface area contributed by atoms with Crippen molar-refractivity contribution in [2.24, 2.45) is 134 Å². The Balaban J connectivity index is -0.000000160. The molecule has 0 aromatic carbocycles. The van der Waals surface area contributed by atoms with Gasteiger partial charge in [-0.3, -0.25) is 52.7 Å². The molecule has 0 saturated heterocycles. The Kier molecular flexibility index (Phi) is 79.6. The molecule has 3 unspecified atom stereocenters. The minimum Gasteiger partial charge on any atom is -0.391 e. The first-order valence-corrected chi connectivity index (χ1v) is 42.8. The second-order valence-corrected chi connectivity index (χ2v) is 35.4. The quantitative estimate of drug-likeness (QED) is 0.0160. The molecule has 0 fully saturated rings. The minimum atomic E-state index is -0.722. The van der Waals surface area contributed by atoms with Crippen LogP contribution in [0.15, 0.2) is 12.2 Å². The number of aliphatic hydroxyl groups is 2. The third kappa shape index (κ3) is 73.9. The van der Waals surface area contributed by atoms with E-state index >= 15 is 0 Å². The van der Waals surface area contributed by atoms with Crippen LogP contribution >= 0.6 is 11.8 Å². The molecule has 0 rings (SSSR count). The van der Waals surface area contributed by atoms with Crippen LogP contribution in [0, 0.1) is 94.2 Å². The Morgan fingerprint density at radius 2 is 0.795 bits per heavy atom. The smallest absolute Gasteiger partial charge is 0.316 e. The van der Waals surface area contributed by atoms with E-state index in [0.717, 1.165) is 5.75 Å². The lowest BCUT2D eigenvalue weighted by Crippen LogP contribution is -2.50. The van der Waals surface area contributed by atoms with Gasteiger partial charge in [-0.05, 0) is 110 Å². The topological polar surface area (TPSA) is 573 Å². The number of ketones is 9. The van der Waals surface area contributed by atoms with Crippen molar-refractivity contribution in [3.05, 3.63) is 12.2 Å². The predicted octanol–water partition coefficient (Wildman–Crippen LogP) is 7.50. The lowest BCUT2D eigenvalue weighted by atomic mass is 9.86. The number of carbonyl (C=O) groups excluding carboxylic acids is 12. The van der Waals surface area contributed by atoms with E-state index in [2.05, 4.69) is 32.7 Å². The van der Waals surface area contributed by atoms with Crippen LogP contribution in [0.25, 0.3) is 0 Å². The van der Waals surface area contributed by atoms with Gasteiger partial charge in [0.25, 0.3) is 0 Å². The molecule has 0 aliphatic heterocycles. The van der Waals surface area contributed by atoms with Crippen LogP contribution in [0.3, 0.4) is 0 Å². The van der Waals surface area contributed by atoms with E-state index in [1.807, 2.05) is 151 Å². The van der Waals surface area contributed by atoms with Gasteiger partial charge < -0.3 is 93.1 Å². The van der Waals surface area contributed by atoms with E-state index in [1.165, 1.54) is 0 Å². The number of urea groups is 1. The molecule has 25 N–H and O–H groups in total. The average Bonchev–Trinajstić information content (AvgIpc) is 0.898. The normalized spacial score (nSPS) is 16.4. The molecule has 690 valence electrons. The number of Topliss-reactive ketones (excluding diaryl/α,β-unsaturated/α-hetero) is 9. The first-order chi connectivity index (χ1) is 53.0. The summed E-state index contributed by atoms with van der Waals surface area (Å²) in [6.07, 6.45) is 2.11. The SMILES string of the molecule is CC(C)C(=O)[C@@H](C)C(O)[C@H](C)N.CC(C)C(=O)[C@H](C)/C=C\[C@H](C)N.CC(C)C(=O)[C@H](C)C(=O)N[C@H](C)N.CC(C)C(=O)[C@H](C)CC(C#N)[C@H](C)N.CC(C)C(=O)[C@H](C)NC(=O)C[C@H](C)N.CC(C)C(=O)[C@H](C)NC(=O)N[C@H](C)N.CC(C)C(=O)[C@H](C)NCC(O)[C@H](C)N.CC(C)C(=O)[C@H](C)OC[C@H](C)N.CC(C)C(=O)[C@H](C)SC[C@H](C)N. The molecule has 0 aromatic rings. The van der Waals surface area contributed by atoms with E-state index in [0.29, 0.717) is 25.4 Å². The molecule has 0 saturated carbocycles. The van der Waals surface area contributed by atoms with Crippen LogP contribution in [0.4, 0.5) is 4.79 Å². The molecule has 31 heteroatoms. The lowest BCUT2D eigenvalue weighted by molar-refractivity contribution is -0.136. The van der Waals surface area contributed by atoms with Gasteiger partial charge in [-0.2, -0.15) is 5.26 Å². The maximum atomic E-state index is 11.6. The van der Waals surface area contributed by atoms with E-state index in [-0.39, 0.29) is 201 Å². The number of hydrogen-bond donors (Lipinski definition) is 16. The number of hydrogen-bond acceptors (Lipinski definition) is 27. The third-order valence-corrected chi connectivity index (χ3v) is 18.4. The standard InChI is InChI=1S/C11H20N2O.C10H22N2O2.C10H20N2O2.C10H19NO.C9H19N3O2.C9H18N2O2.2C9H19NO2.C9H19NOS/c1-7(2)11(14)8(3)5-10(6-12)9(4)13;1-6(2)10(14)8(4)12-5-9(13)7(3)11;1-6(2)10(14)8(4)12-9(13)5-7(3)11;1-7(2)10(12)8(3)5-6-9(4)11;1-5(2)8(13)6(3)11-9(14)12-7(4)10;1-5(2)8(12)6(3)9(13)11-7(4)10;1-6(2)9(11)8(4)12-5-7(3)10;1-5(2)8(11)6(3)9(12)7(4)10;1-6(2)9(11)8(4)12-5-7(3)10/h7-10H,5,13H2,1-4H3;6-9,12-13H,5,11H2,1-4H3;6-8H,5,11H2,1-4H3,(H,12,13);5-9H,11H2,1-4H3;5-7H,10H2,1-4H3,(H2,11,12,14);5-7H,10H2,1-4H3,(H,11,13);6-8H,5,10H2,1-4H3;5-7,9,12H,10H2,1-4H3;6-8H,5,10H2,1-4H3/b;;;6-5-;;;;;/t8-,9+,10?;7-,8-,9?;7-,8-;8-,9+;2*6-,7+;7-,8-;6-,7+,9?;7-,8-/m100100010/s1. The van der Waals surface area contributed by atoms with Gasteiger partial charge in [0.2, 0.25) is 11.8 Å². The zero-order chi connectivity index (χ0) is 94.9. The zero-order valence-electron chi connectivity index (χ0n) is 79.3. The van der Waals surface area contributed by atoms with E-state index < -0.39 is 48.6 Å². The zero-order valence-corrected chi connectivity index (χ0v) is 80.1. The van der Waals surface area contributed by atoms with Gasteiger partial charge in [0.1, 0.15) is 35.0 Å². The van der Waals surface area contributed by atoms with E-state index in [4.69, 9.17) is 61.6 Å². The monoisotopic (exact) mass is 1690 g/mol. The Labute approximate surface area is 712 Å². The number of thioether (sulfide) groups is 1. The number of ether oxygens (including phenoxy) is 1. The Morgan fingerprint density at radius 1 is 0.410 bits per heavy atom. The van der Waals surface area contributed by atoms with Gasteiger partial charge in [0.15, 0.2) is 23.1 Å². The molecule has 0 aliphatic carbocycles. The lowest BCUT2D eigenvalue weighted by Gasteiger charge is -2.22. The molecule has 117 heavy (non-hydrogen) atoms. The Hall–Kier alpha value is -5.70. The van der Waals surface area contributed by atoms with Crippen molar-refractivity contribution in [1.29, 1.82) is 5.26 Å². The van der Waals surface area contributed by atoms with Gasteiger partial charge in [-0.25, -0.2) is 4.79 Å². The van der Waals surface area contributed by atoms with Crippen molar-refractivity contribution < 1.29 is 72.5 Å². The number of aliphatic hydroxyl groups excluding tert-OH is 2. The molecular weight excluding hydrogens is 1520 g/mol. The van der Waals surface area contributed by atoms with E-state index in [9.17, 15) is 67.7 Å². The second-order valence-electron chi connectivity index (χ2n) is 34.0. The van der Waals surface area contributed by atoms with Crippen LogP contribution < -0.4 is 78.2 Å². The molecule has 0 aliphatic rings. The van der Waals surface area contributed by atoms with Crippen LogP contribution in [0.2, 0.25) is 0 Å². The van der Waals surface area contributed by atoms with Gasteiger partial charge in [0, 0.05) is 132 Å². The van der Waals surface area contributed by atoms with Crippen LogP contribution in [0.1, 0.15) is 262 Å². The summed E-state index contributed by atoms with van der Waals surface area (Å²) in [5.41, 5.74) is 49.3. The number of nitrogens with one attached hydrogen (secondary N) is 5. The summed E-state index contributed by atoms with van der Waals surface area (Å²) in [4.78, 5) is 136. The highest BCUT2D eigenvalue weighted by Crippen LogP contribution is 2.19. The fourth-order valence-electron chi connectivity index (χ4n) is 9.50. The molecule has 4 amide bonds. The summed E-state index contributed by atoms with van der Waals surface area (Å²) in [5, 5.41) is 40.8. The third-order valence-electron chi connectivity index (χ3n) is 17.0. The molecule has 0 radical (unpaired) electrons. The van der Waals surface area contributed by atoms with Crippen molar-refractivity contribution in [3.8, 4) is 6.07 Å². The second kappa shape index (κ2) is 72.0. The van der Waals surface area contributed by atoms with Crippen LogP contribution in [-0.4, -0.2) is 195 Å². The maximum Gasteiger partial charge on any atom is 0.316 e. The summed E-state index contributed by atoms with van der Waals surface area (Å²) in [7, 11) is 0. The summed E-state index contributed by atoms with van der Waals surface area (Å²) in [6.45, 7) is 66.1. The summed E-state index contributed by atoms with van der Waals surface area (Å²) < 4.78 is 5.25. The summed E-state index contributed by atoms with van der Waals surface area (Å²) >= 11 is 1.65. The molecular formula is C86H175N15O15S. The van der Waals surface area contributed by atoms with Gasteiger partial charge in [-0.1, -0.05) is 158 Å². The number of amides is 4. The van der Waals surface area contributed by atoms with E-state index in [1.54, 1.807) is 123 Å². The van der Waals surface area contributed by atoms with Crippen molar-refractivity contribution in [1.82, 2.24) is 26.6 Å². The molecule has 0 bridgehead atoms. The summed E-state index contributed by atoms with van der Waals surface area (Å²) in [5.74, 6) is 0.360. The van der Waals surface area contributed by atoms with Gasteiger partial charge >= 0.3 is 6.03 Å². The number of rotatable bonds is 42. The minimum absolute atomic E-state index is 0.00370. The number of nitrogens with zero attached hydrogens (tertiary/aromatic N) is 1. The first-order valence-electron chi connectivity index (χ1n) is 41.7. The van der Waals surface area contributed by atoms with Crippen LogP contribution in [-0.2, 0) is 57.5 Å². The van der Waals surface area contributed by atoms with Crippen molar-refractivity contribution in [3.63, 3.8) is 0 Å². The van der Waals surface area contributed by atoms with Gasteiger partial charge in [-0.15, -0.1) is 11.8 Å². The van der Waals surface area contributed by atoms with Crippen molar-refractivity contribution >= 4 is 81.7 Å². The number of nitrogens with two attached hydrogens (primary N) is 9. The summed E-state index contributed by atoms with van der Waals surface area (Å²) in [6, 6.07) is -0.127. The largest absolute Gasteiger partial charge is 0.391 e. The molecule has 21 atom stereocenters. The molecule has 0 heterocycles. The van der Waals surface area contributed by atoms with Crippen molar-refractivity contribution in [2.45, 2.75) is 358 Å². The van der Waals surface area contributed by atoms with Crippen LogP contribution in [0.5, 0.6) is 0 Å². The number of allylic oxidation sites excluding steroid dienone is 1. The first kappa shape index (κ1) is 129. The number of nitriles is 1. The predicted molar refractivity (Wildman–Crippen MR) is 479 cm³/mol. The van der Waals surface area contributed by atoms with Gasteiger partial charge in [0.05, 0.1) is 72.4 Å². The Bertz CT molecular complexity index is 2740. The fourth-order valence-corrected chi connectivity index (χ4v) is 10.5.